The number of nitrogens with one attached hydrogen (secondary N) is 2. The number of nitrogens with zero attached hydrogens (tertiary/aromatic N) is 1. The molecule has 8 nitrogen and oxygen atoms in total. The fourth-order valence-corrected chi connectivity index (χ4v) is 4.81. The molecule has 1 amide bonds. The molecule has 0 radical (unpaired) electrons. The maximum atomic E-state index is 12.8. The van der Waals surface area contributed by atoms with E-state index < -0.39 is 31.9 Å². The van der Waals surface area contributed by atoms with Gasteiger partial charge in [-0.1, -0.05) is 18.2 Å². The van der Waals surface area contributed by atoms with Crippen LogP contribution in [0.25, 0.3) is 0 Å². The number of rotatable bonds is 6. The molecule has 0 aromatic heterocycles. The summed E-state index contributed by atoms with van der Waals surface area (Å²) in [6.07, 6.45) is 1.03. The maximum Gasteiger partial charge on any atom is 0.243 e. The number of hydrazine groups is 1. The largest absolute Gasteiger partial charge is 0.278 e. The molecule has 25 heavy (non-hydrogen) atoms. The molecular formula is C15H23N3O5S2. The smallest absolute Gasteiger partial charge is 0.243 e. The molecular weight excluding hydrogens is 366 g/mol. The van der Waals surface area contributed by atoms with Gasteiger partial charge in [-0.05, 0) is 38.3 Å². The Morgan fingerprint density at radius 3 is 2.56 bits per heavy atom. The number of carbonyl (C=O) groups is 1. The van der Waals surface area contributed by atoms with Gasteiger partial charge in [0, 0.05) is 13.1 Å². The summed E-state index contributed by atoms with van der Waals surface area (Å²) in [5.74, 6) is -1.29. The van der Waals surface area contributed by atoms with Crippen LogP contribution in [0.1, 0.15) is 25.3 Å². The van der Waals surface area contributed by atoms with Crippen LogP contribution < -0.4 is 10.3 Å². The molecule has 1 aromatic carbocycles. The van der Waals surface area contributed by atoms with Crippen molar-refractivity contribution in [2.24, 2.45) is 5.92 Å². The van der Waals surface area contributed by atoms with Crippen LogP contribution in [-0.4, -0.2) is 45.9 Å². The highest BCUT2D eigenvalue weighted by molar-refractivity contribution is 7.89. The van der Waals surface area contributed by atoms with Crippen LogP contribution in [0, 0.1) is 12.8 Å². The van der Waals surface area contributed by atoms with Gasteiger partial charge in [0.05, 0.1) is 16.6 Å². The van der Waals surface area contributed by atoms with Crippen molar-refractivity contribution >= 4 is 26.0 Å². The molecule has 2 rings (SSSR count). The van der Waals surface area contributed by atoms with E-state index in [1.165, 1.54) is 11.2 Å². The van der Waals surface area contributed by atoms with Crippen molar-refractivity contribution in [2.75, 3.05) is 18.8 Å². The monoisotopic (exact) mass is 389 g/mol. The second-order valence-corrected chi connectivity index (χ2v) is 9.88. The Kier molecular flexibility index (Phi) is 6.20. The van der Waals surface area contributed by atoms with Crippen LogP contribution in [0.3, 0.4) is 0 Å². The Morgan fingerprint density at radius 2 is 1.92 bits per heavy atom. The Bertz CT molecular complexity index is 836. The van der Waals surface area contributed by atoms with Gasteiger partial charge in [-0.3, -0.25) is 10.2 Å². The molecule has 1 atom stereocenters. The summed E-state index contributed by atoms with van der Waals surface area (Å²) in [6, 6.07) is 6.69. The van der Waals surface area contributed by atoms with E-state index >= 15 is 0 Å². The topological polar surface area (TPSA) is 113 Å². The lowest BCUT2D eigenvalue weighted by Gasteiger charge is -2.31. The second kappa shape index (κ2) is 7.81. The van der Waals surface area contributed by atoms with Crippen molar-refractivity contribution in [3.63, 3.8) is 0 Å². The summed E-state index contributed by atoms with van der Waals surface area (Å²) in [6.45, 7) is 3.53. The first-order chi connectivity index (χ1) is 11.7. The normalized spacial score (nSPS) is 19.5. The SMILES string of the molecule is CCS(=O)(=O)NNC(=O)[C@H]1CCCN(S(=O)(=O)c2ccccc2C)C1. The molecule has 0 bridgehead atoms. The van der Waals surface area contributed by atoms with E-state index in [-0.39, 0.29) is 17.2 Å². The highest BCUT2D eigenvalue weighted by atomic mass is 32.2. The second-order valence-electron chi connectivity index (χ2n) is 5.96. The molecule has 1 saturated heterocycles. The van der Waals surface area contributed by atoms with Crippen LogP contribution in [0.4, 0.5) is 0 Å². The summed E-state index contributed by atoms with van der Waals surface area (Å²) in [7, 11) is -7.25. The van der Waals surface area contributed by atoms with Gasteiger partial charge in [0.25, 0.3) is 0 Å². The van der Waals surface area contributed by atoms with Crippen molar-refractivity contribution < 1.29 is 21.6 Å². The van der Waals surface area contributed by atoms with Gasteiger partial charge in [-0.2, -0.15) is 4.31 Å². The van der Waals surface area contributed by atoms with Gasteiger partial charge in [-0.15, -0.1) is 4.83 Å². The van der Waals surface area contributed by atoms with E-state index in [9.17, 15) is 21.6 Å². The Morgan fingerprint density at radius 1 is 1.24 bits per heavy atom. The van der Waals surface area contributed by atoms with E-state index in [4.69, 9.17) is 0 Å². The predicted molar refractivity (Wildman–Crippen MR) is 93.4 cm³/mol. The summed E-state index contributed by atoms with van der Waals surface area (Å²) in [5, 5.41) is 0. The summed E-state index contributed by atoms with van der Waals surface area (Å²) >= 11 is 0. The lowest BCUT2D eigenvalue weighted by Crippen LogP contribution is -2.50. The van der Waals surface area contributed by atoms with Gasteiger partial charge in [0.15, 0.2) is 0 Å². The van der Waals surface area contributed by atoms with Gasteiger partial charge < -0.3 is 0 Å². The first kappa shape index (κ1) is 19.8. The third kappa shape index (κ3) is 4.78. The molecule has 10 heteroatoms. The molecule has 1 aliphatic rings. The molecule has 1 aliphatic heterocycles. The Hall–Kier alpha value is -1.49. The van der Waals surface area contributed by atoms with Crippen molar-refractivity contribution in [1.82, 2.24) is 14.6 Å². The fraction of sp³-hybridized carbons (Fsp3) is 0.533. The number of benzene rings is 1. The average Bonchev–Trinajstić information content (AvgIpc) is 2.60. The first-order valence-corrected chi connectivity index (χ1v) is 11.1. The summed E-state index contributed by atoms with van der Waals surface area (Å²) in [5.41, 5.74) is 2.81. The van der Waals surface area contributed by atoms with Crippen molar-refractivity contribution in [1.29, 1.82) is 0 Å². The third-order valence-electron chi connectivity index (χ3n) is 4.18. The molecule has 1 fully saturated rings. The van der Waals surface area contributed by atoms with E-state index in [0.717, 1.165) is 0 Å². The van der Waals surface area contributed by atoms with Crippen molar-refractivity contribution in [2.45, 2.75) is 31.6 Å². The van der Waals surface area contributed by atoms with Gasteiger partial charge in [-0.25, -0.2) is 16.8 Å². The lowest BCUT2D eigenvalue weighted by atomic mass is 9.99. The van der Waals surface area contributed by atoms with E-state index in [0.29, 0.717) is 24.9 Å². The molecule has 0 spiro atoms. The summed E-state index contributed by atoms with van der Waals surface area (Å²) < 4.78 is 49.7. The van der Waals surface area contributed by atoms with Crippen LogP contribution in [0.2, 0.25) is 0 Å². The number of hydrogen-bond donors (Lipinski definition) is 2. The molecule has 2 N–H and O–H groups in total. The standard InChI is InChI=1S/C15H23N3O5S2/c1-3-24(20,21)17-16-15(19)13-8-6-10-18(11-13)25(22,23)14-9-5-4-7-12(14)2/h4-5,7,9,13,17H,3,6,8,10-11H2,1-2H3,(H,16,19)/t13-/m0/s1. The van der Waals surface area contributed by atoms with Gasteiger partial charge in [0.2, 0.25) is 26.0 Å². The minimum absolute atomic E-state index is 0.0242. The Balaban J connectivity index is 2.10. The summed E-state index contributed by atoms with van der Waals surface area (Å²) in [4.78, 5) is 14.4. The van der Waals surface area contributed by atoms with Crippen LogP contribution in [0.5, 0.6) is 0 Å². The highest BCUT2D eigenvalue weighted by Crippen LogP contribution is 2.25. The van der Waals surface area contributed by atoms with E-state index in [1.807, 2.05) is 4.83 Å². The predicted octanol–water partition coefficient (Wildman–Crippen LogP) is 0.366. The number of piperidine rings is 1. The number of aryl methyl sites for hydroxylation is 1. The minimum Gasteiger partial charge on any atom is -0.278 e. The number of amides is 1. The van der Waals surface area contributed by atoms with Crippen molar-refractivity contribution in [3.05, 3.63) is 29.8 Å². The molecule has 1 aromatic rings. The minimum atomic E-state index is -3.69. The Labute approximate surface area is 148 Å². The number of carbonyl (C=O) groups excluding carboxylic acids is 1. The van der Waals surface area contributed by atoms with Gasteiger partial charge in [0.1, 0.15) is 0 Å². The molecule has 0 unspecified atom stereocenters. The van der Waals surface area contributed by atoms with Crippen LogP contribution >= 0.6 is 0 Å². The lowest BCUT2D eigenvalue weighted by molar-refractivity contribution is -0.126. The van der Waals surface area contributed by atoms with E-state index in [2.05, 4.69) is 5.43 Å². The zero-order valence-corrected chi connectivity index (χ0v) is 15.9. The zero-order chi connectivity index (χ0) is 18.7. The zero-order valence-electron chi connectivity index (χ0n) is 14.2. The average molecular weight is 389 g/mol. The molecule has 0 saturated carbocycles. The van der Waals surface area contributed by atoms with E-state index in [1.54, 1.807) is 31.2 Å². The number of sulfonamides is 2. The quantitative estimate of drug-likeness (QED) is 0.683. The van der Waals surface area contributed by atoms with Crippen molar-refractivity contribution in [3.8, 4) is 0 Å². The third-order valence-corrected chi connectivity index (χ3v) is 7.37. The van der Waals surface area contributed by atoms with Crippen LogP contribution in [0.15, 0.2) is 29.2 Å². The molecule has 1 heterocycles. The fourth-order valence-electron chi connectivity index (χ4n) is 2.66. The molecule has 140 valence electrons. The first-order valence-electron chi connectivity index (χ1n) is 8.02. The molecule has 0 aliphatic carbocycles. The number of hydrogen-bond acceptors (Lipinski definition) is 5. The highest BCUT2D eigenvalue weighted by Gasteiger charge is 2.34. The van der Waals surface area contributed by atoms with Gasteiger partial charge >= 0.3 is 0 Å². The van der Waals surface area contributed by atoms with Crippen LogP contribution in [-0.2, 0) is 24.8 Å². The maximum absolute atomic E-state index is 12.8.